The second-order valence-corrected chi connectivity index (χ2v) is 8.07. The Kier molecular flexibility index (Phi) is 15.2. The van der Waals surface area contributed by atoms with Gasteiger partial charge in [-0.3, -0.25) is 28.8 Å². The maximum Gasteiger partial charge on any atom is 0.159 e. The van der Waals surface area contributed by atoms with Crippen molar-refractivity contribution >= 4 is 34.7 Å². The van der Waals surface area contributed by atoms with Crippen LogP contribution < -0.4 is 0 Å². The molecule has 0 bridgehead atoms. The predicted molar refractivity (Wildman–Crippen MR) is 151 cm³/mol. The van der Waals surface area contributed by atoms with E-state index < -0.39 is 0 Å². The SMILES string of the molecule is CC.CC(=O)c1ccc(C(C)=O)cc1.CC(=O)c1ccc(C(C)=O)cc1.CC(=O)c1cccc(C(C)=O)c1. The lowest BCUT2D eigenvalue weighted by atomic mass is 10.1. The summed E-state index contributed by atoms with van der Waals surface area (Å²) in [5, 5.41) is 0. The van der Waals surface area contributed by atoms with Crippen LogP contribution in [0.4, 0.5) is 0 Å². The molecule has 0 aliphatic carbocycles. The van der Waals surface area contributed by atoms with Crippen molar-refractivity contribution in [3.8, 4) is 0 Å². The monoisotopic (exact) mass is 516 g/mol. The molecule has 0 saturated carbocycles. The van der Waals surface area contributed by atoms with Gasteiger partial charge < -0.3 is 0 Å². The molecule has 0 saturated heterocycles. The van der Waals surface area contributed by atoms with Gasteiger partial charge in [-0.15, -0.1) is 0 Å². The highest BCUT2D eigenvalue weighted by Crippen LogP contribution is 2.07. The Morgan fingerprint density at radius 2 is 0.526 bits per heavy atom. The molecule has 0 aromatic heterocycles. The van der Waals surface area contributed by atoms with Gasteiger partial charge in [0.25, 0.3) is 0 Å². The summed E-state index contributed by atoms with van der Waals surface area (Å²) in [5.41, 5.74) is 3.73. The molecular formula is C32H36O6. The summed E-state index contributed by atoms with van der Waals surface area (Å²) in [6.07, 6.45) is 0. The van der Waals surface area contributed by atoms with Crippen molar-refractivity contribution in [1.29, 1.82) is 0 Å². The zero-order valence-electron chi connectivity index (χ0n) is 23.4. The van der Waals surface area contributed by atoms with Crippen molar-refractivity contribution in [1.82, 2.24) is 0 Å². The molecule has 0 fully saturated rings. The Hall–Kier alpha value is -4.32. The van der Waals surface area contributed by atoms with Crippen LogP contribution in [0.25, 0.3) is 0 Å². The first-order chi connectivity index (χ1) is 17.8. The largest absolute Gasteiger partial charge is 0.295 e. The van der Waals surface area contributed by atoms with Crippen LogP contribution in [0.15, 0.2) is 72.8 Å². The Bertz CT molecular complexity index is 1100. The molecule has 200 valence electrons. The maximum atomic E-state index is 10.9. The van der Waals surface area contributed by atoms with E-state index >= 15 is 0 Å². The molecule has 0 amide bonds. The van der Waals surface area contributed by atoms with Crippen LogP contribution in [0.5, 0.6) is 0 Å². The minimum atomic E-state index is -0.0156. The molecule has 38 heavy (non-hydrogen) atoms. The zero-order valence-corrected chi connectivity index (χ0v) is 23.4. The first kappa shape index (κ1) is 33.7. The standard InChI is InChI=1S/3C10H10O2.C2H6/c2*1-7(11)9-3-5-10(6-4-9)8(2)12;1-7(11)9-4-3-5-10(6-9)8(2)12;1-2/h3*3-6H,1-2H3;1-2H3. The molecule has 6 nitrogen and oxygen atoms in total. The summed E-state index contributed by atoms with van der Waals surface area (Å²) >= 11 is 0. The van der Waals surface area contributed by atoms with Crippen LogP contribution in [0, 0.1) is 0 Å². The minimum Gasteiger partial charge on any atom is -0.295 e. The average molecular weight is 517 g/mol. The molecule has 0 aliphatic rings. The van der Waals surface area contributed by atoms with Crippen molar-refractivity contribution in [3.63, 3.8) is 0 Å². The number of rotatable bonds is 6. The Labute approximate surface area is 225 Å². The molecule has 3 rings (SSSR count). The van der Waals surface area contributed by atoms with Gasteiger partial charge in [0, 0.05) is 33.4 Å². The molecule has 0 unspecified atom stereocenters. The second kappa shape index (κ2) is 17.2. The van der Waals surface area contributed by atoms with Gasteiger partial charge in [0.2, 0.25) is 0 Å². The topological polar surface area (TPSA) is 102 Å². The van der Waals surface area contributed by atoms with Crippen molar-refractivity contribution < 1.29 is 28.8 Å². The summed E-state index contributed by atoms with van der Waals surface area (Å²) in [6, 6.07) is 20.1. The number of carbonyl (C=O) groups is 6. The first-order valence-corrected chi connectivity index (χ1v) is 12.2. The third-order valence-corrected chi connectivity index (χ3v) is 5.07. The lowest BCUT2D eigenvalue weighted by Crippen LogP contribution is -1.96. The third kappa shape index (κ3) is 12.1. The Balaban J connectivity index is 0.000000523. The fourth-order valence-corrected chi connectivity index (χ4v) is 2.84. The normalized spacial score (nSPS) is 9.16. The molecular weight excluding hydrogens is 480 g/mol. The van der Waals surface area contributed by atoms with E-state index in [4.69, 9.17) is 0 Å². The van der Waals surface area contributed by atoms with Gasteiger partial charge in [0.1, 0.15) is 0 Å². The number of ketones is 6. The molecule has 6 heteroatoms. The first-order valence-electron chi connectivity index (χ1n) is 12.2. The lowest BCUT2D eigenvalue weighted by molar-refractivity contribution is 0.100. The van der Waals surface area contributed by atoms with E-state index in [0.29, 0.717) is 33.4 Å². The second-order valence-electron chi connectivity index (χ2n) is 8.07. The molecule has 3 aromatic carbocycles. The molecule has 0 aliphatic heterocycles. The molecule has 0 spiro atoms. The summed E-state index contributed by atoms with van der Waals surface area (Å²) in [4.78, 5) is 65.2. The Morgan fingerprint density at radius 1 is 0.342 bits per heavy atom. The van der Waals surface area contributed by atoms with Crippen molar-refractivity contribution in [2.75, 3.05) is 0 Å². The van der Waals surface area contributed by atoms with Crippen molar-refractivity contribution in [2.45, 2.75) is 55.4 Å². The van der Waals surface area contributed by atoms with Crippen LogP contribution in [-0.2, 0) is 0 Å². The van der Waals surface area contributed by atoms with Crippen molar-refractivity contribution in [3.05, 3.63) is 106 Å². The third-order valence-electron chi connectivity index (χ3n) is 5.07. The van der Waals surface area contributed by atoms with Gasteiger partial charge in [-0.1, -0.05) is 80.6 Å². The highest BCUT2D eigenvalue weighted by atomic mass is 16.1. The molecule has 0 radical (unpaired) electrons. The lowest BCUT2D eigenvalue weighted by Gasteiger charge is -1.97. The fourth-order valence-electron chi connectivity index (χ4n) is 2.84. The highest BCUT2D eigenvalue weighted by molar-refractivity contribution is 6.00. The van der Waals surface area contributed by atoms with E-state index in [2.05, 4.69) is 0 Å². The van der Waals surface area contributed by atoms with E-state index in [1.165, 1.54) is 41.5 Å². The van der Waals surface area contributed by atoms with Crippen LogP contribution in [0.2, 0.25) is 0 Å². The zero-order chi connectivity index (χ0) is 29.4. The van der Waals surface area contributed by atoms with E-state index in [9.17, 15) is 28.8 Å². The number of carbonyl (C=O) groups excluding carboxylic acids is 6. The van der Waals surface area contributed by atoms with Gasteiger partial charge in [0.05, 0.1) is 0 Å². The van der Waals surface area contributed by atoms with E-state index in [0.717, 1.165) is 0 Å². The molecule has 3 aromatic rings. The quantitative estimate of drug-likeness (QED) is 0.318. The van der Waals surface area contributed by atoms with Gasteiger partial charge in [-0.25, -0.2) is 0 Å². The fraction of sp³-hybridized carbons (Fsp3) is 0.250. The number of hydrogen-bond donors (Lipinski definition) is 0. The predicted octanol–water partition coefficient (Wildman–Crippen LogP) is 7.30. The van der Waals surface area contributed by atoms with E-state index in [1.54, 1.807) is 72.8 Å². The van der Waals surface area contributed by atoms with Gasteiger partial charge in [-0.2, -0.15) is 0 Å². The molecule has 0 heterocycles. The average Bonchev–Trinajstić information content (AvgIpc) is 2.90. The molecule has 0 N–H and O–H groups in total. The highest BCUT2D eigenvalue weighted by Gasteiger charge is 2.03. The number of benzene rings is 3. The summed E-state index contributed by atoms with van der Waals surface area (Å²) in [6.45, 7) is 13.0. The van der Waals surface area contributed by atoms with Gasteiger partial charge in [0.15, 0.2) is 34.7 Å². The summed E-state index contributed by atoms with van der Waals surface area (Å²) in [7, 11) is 0. The smallest absolute Gasteiger partial charge is 0.159 e. The van der Waals surface area contributed by atoms with Crippen LogP contribution in [0.1, 0.15) is 118 Å². The number of Topliss-reactive ketones (excluding diaryl/α,β-unsaturated/α-hetero) is 6. The maximum absolute atomic E-state index is 10.9. The van der Waals surface area contributed by atoms with E-state index in [-0.39, 0.29) is 34.7 Å². The van der Waals surface area contributed by atoms with Gasteiger partial charge in [-0.05, 0) is 47.6 Å². The van der Waals surface area contributed by atoms with Crippen molar-refractivity contribution in [2.24, 2.45) is 0 Å². The number of hydrogen-bond acceptors (Lipinski definition) is 6. The van der Waals surface area contributed by atoms with Crippen LogP contribution >= 0.6 is 0 Å². The summed E-state index contributed by atoms with van der Waals surface area (Å²) in [5.74, 6) is 0.0432. The van der Waals surface area contributed by atoms with Crippen LogP contribution in [0.3, 0.4) is 0 Å². The minimum absolute atomic E-state index is 0.0156. The summed E-state index contributed by atoms with van der Waals surface area (Å²) < 4.78 is 0. The van der Waals surface area contributed by atoms with Gasteiger partial charge >= 0.3 is 0 Å². The molecule has 0 atom stereocenters. The van der Waals surface area contributed by atoms with Crippen LogP contribution in [-0.4, -0.2) is 34.7 Å². The Morgan fingerprint density at radius 3 is 0.684 bits per heavy atom. The van der Waals surface area contributed by atoms with E-state index in [1.807, 2.05) is 13.8 Å².